The first-order valence-electron chi connectivity index (χ1n) is 9.58. The SMILES string of the molecule is COc1ccc(C2CCCN2C(=O)CCNC(=O)c2ccc(Br)cc2)c(OC)c1. The molecule has 7 heteroatoms. The van der Waals surface area contributed by atoms with E-state index in [1.807, 2.05) is 35.2 Å². The maximum Gasteiger partial charge on any atom is 0.251 e. The molecule has 1 aliphatic heterocycles. The molecule has 1 saturated heterocycles. The van der Waals surface area contributed by atoms with E-state index in [1.165, 1.54) is 0 Å². The number of amides is 2. The van der Waals surface area contributed by atoms with Crippen LogP contribution in [0.3, 0.4) is 0 Å². The number of halogens is 1. The third-order valence-corrected chi connectivity index (χ3v) is 5.63. The summed E-state index contributed by atoms with van der Waals surface area (Å²) in [6.07, 6.45) is 2.09. The number of methoxy groups -OCH3 is 2. The Bertz CT molecular complexity index is 870. The molecule has 2 aromatic rings. The number of nitrogens with one attached hydrogen (secondary N) is 1. The highest BCUT2D eigenvalue weighted by Gasteiger charge is 2.31. The Morgan fingerprint density at radius 3 is 2.59 bits per heavy atom. The van der Waals surface area contributed by atoms with Gasteiger partial charge in [-0.1, -0.05) is 15.9 Å². The van der Waals surface area contributed by atoms with E-state index in [4.69, 9.17) is 9.47 Å². The average molecular weight is 461 g/mol. The summed E-state index contributed by atoms with van der Waals surface area (Å²) >= 11 is 3.35. The fourth-order valence-electron chi connectivity index (χ4n) is 3.61. The minimum absolute atomic E-state index is 0.0227. The lowest BCUT2D eigenvalue weighted by molar-refractivity contribution is -0.132. The predicted molar refractivity (Wildman–Crippen MR) is 114 cm³/mol. The lowest BCUT2D eigenvalue weighted by Crippen LogP contribution is -2.34. The molecule has 0 aliphatic carbocycles. The van der Waals surface area contributed by atoms with E-state index in [-0.39, 0.29) is 24.3 Å². The van der Waals surface area contributed by atoms with Crippen molar-refractivity contribution < 1.29 is 19.1 Å². The van der Waals surface area contributed by atoms with Crippen LogP contribution < -0.4 is 14.8 Å². The van der Waals surface area contributed by atoms with Gasteiger partial charge in [0.1, 0.15) is 11.5 Å². The van der Waals surface area contributed by atoms with Gasteiger partial charge in [-0.2, -0.15) is 0 Å². The van der Waals surface area contributed by atoms with Crippen molar-refractivity contribution in [3.63, 3.8) is 0 Å². The number of carbonyl (C=O) groups excluding carboxylic acids is 2. The summed E-state index contributed by atoms with van der Waals surface area (Å²) in [6.45, 7) is 1.01. The molecular weight excluding hydrogens is 436 g/mol. The van der Waals surface area contributed by atoms with Crippen molar-refractivity contribution in [2.24, 2.45) is 0 Å². The number of nitrogens with zero attached hydrogens (tertiary/aromatic N) is 1. The first-order chi connectivity index (χ1) is 14.0. The lowest BCUT2D eigenvalue weighted by Gasteiger charge is -2.26. The second-order valence-electron chi connectivity index (χ2n) is 6.87. The van der Waals surface area contributed by atoms with E-state index in [0.717, 1.165) is 34.4 Å². The van der Waals surface area contributed by atoms with E-state index >= 15 is 0 Å². The topological polar surface area (TPSA) is 67.9 Å². The summed E-state index contributed by atoms with van der Waals surface area (Å²) in [5, 5.41) is 2.82. The zero-order chi connectivity index (χ0) is 20.8. The van der Waals surface area contributed by atoms with Crippen LogP contribution in [0.1, 0.15) is 41.2 Å². The van der Waals surface area contributed by atoms with E-state index in [0.29, 0.717) is 18.7 Å². The zero-order valence-electron chi connectivity index (χ0n) is 16.6. The molecule has 6 nitrogen and oxygen atoms in total. The molecule has 3 rings (SSSR count). The zero-order valence-corrected chi connectivity index (χ0v) is 18.2. The highest BCUT2D eigenvalue weighted by Crippen LogP contribution is 2.38. The highest BCUT2D eigenvalue weighted by molar-refractivity contribution is 9.10. The lowest BCUT2D eigenvalue weighted by atomic mass is 10.0. The molecule has 1 fully saturated rings. The van der Waals surface area contributed by atoms with E-state index < -0.39 is 0 Å². The van der Waals surface area contributed by atoms with Gasteiger partial charge in [0.25, 0.3) is 5.91 Å². The molecule has 1 aliphatic rings. The van der Waals surface area contributed by atoms with Crippen LogP contribution in [-0.2, 0) is 4.79 Å². The number of hydrogen-bond acceptors (Lipinski definition) is 4. The second-order valence-corrected chi connectivity index (χ2v) is 7.78. The number of likely N-dealkylation sites (tertiary alicyclic amines) is 1. The Kier molecular flexibility index (Phi) is 7.14. The maximum atomic E-state index is 12.8. The molecule has 0 spiro atoms. The van der Waals surface area contributed by atoms with Gasteiger partial charge in [0.05, 0.1) is 20.3 Å². The third-order valence-electron chi connectivity index (χ3n) is 5.10. The number of rotatable bonds is 7. The van der Waals surface area contributed by atoms with Crippen molar-refractivity contribution in [3.8, 4) is 11.5 Å². The molecule has 0 radical (unpaired) electrons. The van der Waals surface area contributed by atoms with Crippen molar-refractivity contribution in [2.45, 2.75) is 25.3 Å². The van der Waals surface area contributed by atoms with Crippen LogP contribution in [0.2, 0.25) is 0 Å². The van der Waals surface area contributed by atoms with Gasteiger partial charge in [-0.15, -0.1) is 0 Å². The van der Waals surface area contributed by atoms with Gasteiger partial charge in [0.15, 0.2) is 0 Å². The Morgan fingerprint density at radius 2 is 1.90 bits per heavy atom. The molecule has 1 atom stereocenters. The summed E-state index contributed by atoms with van der Waals surface area (Å²) in [5.41, 5.74) is 1.56. The van der Waals surface area contributed by atoms with Crippen LogP contribution in [0.5, 0.6) is 11.5 Å². The van der Waals surface area contributed by atoms with E-state index in [9.17, 15) is 9.59 Å². The molecule has 1 unspecified atom stereocenters. The molecule has 2 amide bonds. The number of benzene rings is 2. The molecule has 0 bridgehead atoms. The van der Waals surface area contributed by atoms with Crippen LogP contribution in [0.15, 0.2) is 46.9 Å². The monoisotopic (exact) mass is 460 g/mol. The van der Waals surface area contributed by atoms with Crippen molar-refractivity contribution in [1.29, 1.82) is 0 Å². The molecule has 2 aromatic carbocycles. The largest absolute Gasteiger partial charge is 0.497 e. The second kappa shape index (κ2) is 9.78. The molecule has 29 heavy (non-hydrogen) atoms. The van der Waals surface area contributed by atoms with Gasteiger partial charge in [0, 0.05) is 41.2 Å². The van der Waals surface area contributed by atoms with Crippen LogP contribution in [0.4, 0.5) is 0 Å². The van der Waals surface area contributed by atoms with Crippen LogP contribution >= 0.6 is 15.9 Å². The van der Waals surface area contributed by atoms with Crippen molar-refractivity contribution >= 4 is 27.7 Å². The minimum Gasteiger partial charge on any atom is -0.497 e. The Balaban J connectivity index is 1.60. The van der Waals surface area contributed by atoms with Gasteiger partial charge >= 0.3 is 0 Å². The van der Waals surface area contributed by atoms with Gasteiger partial charge < -0.3 is 19.7 Å². The Labute approximate surface area is 179 Å². The quantitative estimate of drug-likeness (QED) is 0.678. The van der Waals surface area contributed by atoms with Gasteiger partial charge in [0.2, 0.25) is 5.91 Å². The summed E-state index contributed by atoms with van der Waals surface area (Å²) in [5.74, 6) is 1.29. The minimum atomic E-state index is -0.180. The smallest absolute Gasteiger partial charge is 0.251 e. The van der Waals surface area contributed by atoms with Gasteiger partial charge in [-0.05, 0) is 49.2 Å². The highest BCUT2D eigenvalue weighted by atomic mass is 79.9. The maximum absolute atomic E-state index is 12.8. The summed E-state index contributed by atoms with van der Waals surface area (Å²) in [6, 6.07) is 12.8. The number of carbonyl (C=O) groups is 2. The average Bonchev–Trinajstić information content (AvgIpc) is 3.23. The van der Waals surface area contributed by atoms with Crippen molar-refractivity contribution in [2.75, 3.05) is 27.3 Å². The van der Waals surface area contributed by atoms with Gasteiger partial charge in [-0.3, -0.25) is 9.59 Å². The third kappa shape index (κ3) is 5.09. The number of ether oxygens (including phenoxy) is 2. The van der Waals surface area contributed by atoms with Crippen LogP contribution in [-0.4, -0.2) is 44.0 Å². The normalized spacial score (nSPS) is 15.8. The van der Waals surface area contributed by atoms with E-state index in [2.05, 4.69) is 21.2 Å². The summed E-state index contributed by atoms with van der Waals surface area (Å²) in [7, 11) is 3.24. The predicted octanol–water partition coefficient (Wildman–Crippen LogP) is 3.95. The van der Waals surface area contributed by atoms with Crippen molar-refractivity contribution in [3.05, 3.63) is 58.1 Å². The molecule has 1 N–H and O–H groups in total. The first-order valence-corrected chi connectivity index (χ1v) is 10.4. The molecule has 0 saturated carbocycles. The fraction of sp³-hybridized carbons (Fsp3) is 0.364. The fourth-order valence-corrected chi connectivity index (χ4v) is 3.88. The summed E-state index contributed by atoms with van der Waals surface area (Å²) in [4.78, 5) is 26.9. The molecule has 154 valence electrons. The van der Waals surface area contributed by atoms with Crippen LogP contribution in [0.25, 0.3) is 0 Å². The van der Waals surface area contributed by atoms with Crippen LogP contribution in [0, 0.1) is 0 Å². The standard InChI is InChI=1S/C22H25BrN2O4/c1-28-17-9-10-18(20(14-17)29-2)19-4-3-13-25(19)21(26)11-12-24-22(27)15-5-7-16(23)8-6-15/h5-10,14,19H,3-4,11-13H2,1-2H3,(H,24,27). The molecule has 0 aromatic heterocycles. The molecular formula is C22H25BrN2O4. The summed E-state index contributed by atoms with van der Waals surface area (Å²) < 4.78 is 11.7. The van der Waals surface area contributed by atoms with Crippen molar-refractivity contribution in [1.82, 2.24) is 10.2 Å². The Hall–Kier alpha value is -2.54. The molecule has 1 heterocycles. The van der Waals surface area contributed by atoms with Gasteiger partial charge in [-0.25, -0.2) is 0 Å². The first kappa shape index (κ1) is 21.2. The Morgan fingerprint density at radius 1 is 1.14 bits per heavy atom. The van der Waals surface area contributed by atoms with E-state index in [1.54, 1.807) is 26.4 Å². The number of hydrogen-bond donors (Lipinski definition) is 1.